The molecule has 2 atom stereocenters. The summed E-state index contributed by atoms with van der Waals surface area (Å²) in [4.78, 5) is 20.3. The van der Waals surface area contributed by atoms with Crippen LogP contribution in [-0.4, -0.2) is 34.9 Å². The van der Waals surface area contributed by atoms with Crippen molar-refractivity contribution in [3.63, 3.8) is 0 Å². The van der Waals surface area contributed by atoms with Gasteiger partial charge in [-0.2, -0.15) is 0 Å². The van der Waals surface area contributed by atoms with E-state index >= 15 is 0 Å². The van der Waals surface area contributed by atoms with Crippen LogP contribution < -0.4 is 5.73 Å². The number of hydrogen-bond acceptors (Lipinski definition) is 3. The van der Waals surface area contributed by atoms with Gasteiger partial charge in [-0.05, 0) is 6.42 Å². The highest BCUT2D eigenvalue weighted by atomic mass is 19.1. The summed E-state index contributed by atoms with van der Waals surface area (Å²) >= 11 is 0. The highest BCUT2D eigenvalue weighted by Crippen LogP contribution is 2.06. The van der Waals surface area contributed by atoms with Crippen LogP contribution in [0.25, 0.3) is 0 Å². The number of carboxylic acids is 2. The van der Waals surface area contributed by atoms with Crippen LogP contribution >= 0.6 is 0 Å². The van der Waals surface area contributed by atoms with E-state index in [9.17, 15) is 14.0 Å². The minimum Gasteiger partial charge on any atom is -0.481 e. The number of rotatable bonds is 5. The summed E-state index contributed by atoms with van der Waals surface area (Å²) in [6.07, 6.45) is -0.388. The number of halogens is 1. The zero-order valence-electron chi connectivity index (χ0n) is 6.24. The molecule has 1 unspecified atom stereocenters. The molecule has 0 radical (unpaired) electrons. The molecule has 12 heavy (non-hydrogen) atoms. The van der Waals surface area contributed by atoms with Crippen molar-refractivity contribution in [2.45, 2.75) is 12.5 Å². The van der Waals surface area contributed by atoms with E-state index in [2.05, 4.69) is 0 Å². The van der Waals surface area contributed by atoms with Gasteiger partial charge in [-0.1, -0.05) is 0 Å². The van der Waals surface area contributed by atoms with Gasteiger partial charge in [0.1, 0.15) is 12.7 Å². The van der Waals surface area contributed by atoms with Gasteiger partial charge in [0.05, 0.1) is 5.92 Å². The van der Waals surface area contributed by atoms with Crippen LogP contribution in [-0.2, 0) is 9.59 Å². The summed E-state index contributed by atoms with van der Waals surface area (Å²) in [6.45, 7) is -1.10. The van der Waals surface area contributed by atoms with Gasteiger partial charge in [0, 0.05) is 0 Å². The van der Waals surface area contributed by atoms with E-state index in [0.29, 0.717) is 0 Å². The van der Waals surface area contributed by atoms with E-state index in [4.69, 9.17) is 15.9 Å². The van der Waals surface area contributed by atoms with E-state index in [1.54, 1.807) is 0 Å². The van der Waals surface area contributed by atoms with Gasteiger partial charge in [0.15, 0.2) is 0 Å². The summed E-state index contributed by atoms with van der Waals surface area (Å²) in [5.74, 6) is -4.01. The maximum Gasteiger partial charge on any atom is 0.320 e. The number of nitrogens with two attached hydrogens (primary N) is 1. The van der Waals surface area contributed by atoms with Crippen LogP contribution in [0.3, 0.4) is 0 Å². The Kier molecular flexibility index (Phi) is 4.20. The Labute approximate surface area is 68.0 Å². The second-order valence-corrected chi connectivity index (χ2v) is 2.37. The molecular weight excluding hydrogens is 169 g/mol. The van der Waals surface area contributed by atoms with Crippen molar-refractivity contribution >= 4 is 11.9 Å². The fourth-order valence-electron chi connectivity index (χ4n) is 0.637. The predicted molar refractivity (Wildman–Crippen MR) is 37.3 cm³/mol. The van der Waals surface area contributed by atoms with Crippen molar-refractivity contribution < 1.29 is 24.2 Å². The third kappa shape index (κ3) is 3.29. The SMILES string of the molecule is NC(C[C@H](CF)C(=O)O)C(=O)O. The van der Waals surface area contributed by atoms with E-state index < -0.39 is 30.6 Å². The molecule has 0 aliphatic rings. The molecule has 0 rings (SSSR count). The van der Waals surface area contributed by atoms with Gasteiger partial charge in [-0.3, -0.25) is 14.0 Å². The van der Waals surface area contributed by atoms with E-state index in [0.717, 1.165) is 0 Å². The lowest BCUT2D eigenvalue weighted by molar-refractivity contribution is -0.144. The maximum atomic E-state index is 11.9. The largest absolute Gasteiger partial charge is 0.481 e. The van der Waals surface area contributed by atoms with Gasteiger partial charge < -0.3 is 15.9 Å². The summed E-state index contributed by atoms with van der Waals surface area (Å²) < 4.78 is 11.9. The highest BCUT2D eigenvalue weighted by Gasteiger charge is 2.23. The van der Waals surface area contributed by atoms with Gasteiger partial charge >= 0.3 is 11.9 Å². The first-order valence-corrected chi connectivity index (χ1v) is 3.26. The van der Waals surface area contributed by atoms with Crippen molar-refractivity contribution in [2.75, 3.05) is 6.67 Å². The monoisotopic (exact) mass is 179 g/mol. The molecule has 0 saturated heterocycles. The molecule has 70 valence electrons. The molecule has 0 amide bonds. The molecule has 5 nitrogen and oxygen atoms in total. The maximum absolute atomic E-state index is 11.9. The predicted octanol–water partition coefficient (Wildman–Crippen LogP) is -0.541. The minimum atomic E-state index is -1.37. The fraction of sp³-hybridized carbons (Fsp3) is 0.667. The van der Waals surface area contributed by atoms with Crippen LogP contribution in [0, 0.1) is 5.92 Å². The molecule has 0 aliphatic heterocycles. The van der Waals surface area contributed by atoms with Crippen LogP contribution in [0.4, 0.5) is 4.39 Å². The number of aliphatic carboxylic acids is 2. The molecule has 4 N–H and O–H groups in total. The summed E-state index contributed by atoms with van der Waals surface area (Å²) in [6, 6.07) is -1.32. The molecule has 0 saturated carbocycles. The Balaban J connectivity index is 4.02. The van der Waals surface area contributed by atoms with Gasteiger partial charge in [0.2, 0.25) is 0 Å². The van der Waals surface area contributed by atoms with E-state index in [-0.39, 0.29) is 6.42 Å². The Hall–Kier alpha value is -1.17. The Bertz CT molecular complexity index is 184. The lowest BCUT2D eigenvalue weighted by atomic mass is 10.0. The van der Waals surface area contributed by atoms with Gasteiger partial charge in [0.25, 0.3) is 0 Å². The fourth-order valence-corrected chi connectivity index (χ4v) is 0.637. The first-order chi connectivity index (χ1) is 5.49. The van der Waals surface area contributed by atoms with Crippen LogP contribution in [0.15, 0.2) is 0 Å². The molecule has 6 heteroatoms. The topological polar surface area (TPSA) is 101 Å². The normalized spacial score (nSPS) is 15.2. The summed E-state index contributed by atoms with van der Waals surface area (Å²) in [5.41, 5.74) is 5.00. The number of hydrogen-bond donors (Lipinski definition) is 3. The molecule has 0 aromatic heterocycles. The van der Waals surface area contributed by atoms with Crippen LogP contribution in [0.5, 0.6) is 0 Å². The Morgan fingerprint density at radius 2 is 1.83 bits per heavy atom. The molecule has 0 aromatic rings. The van der Waals surface area contributed by atoms with Crippen molar-refractivity contribution in [3.8, 4) is 0 Å². The zero-order chi connectivity index (χ0) is 9.72. The molecular formula is C6H10FNO4. The zero-order valence-corrected chi connectivity index (χ0v) is 6.24. The molecule has 0 aromatic carbocycles. The Morgan fingerprint density at radius 3 is 2.08 bits per heavy atom. The average Bonchev–Trinajstić information content (AvgIpc) is 1.98. The van der Waals surface area contributed by atoms with Crippen LogP contribution in [0.1, 0.15) is 6.42 Å². The van der Waals surface area contributed by atoms with Gasteiger partial charge in [-0.25, -0.2) is 0 Å². The standard InChI is InChI=1S/C6H10FNO4/c7-2-3(5(9)10)1-4(8)6(11)12/h3-4H,1-2,8H2,(H,9,10)(H,11,12)/t3-,4?/m1/s1. The van der Waals surface area contributed by atoms with Crippen molar-refractivity contribution in [1.29, 1.82) is 0 Å². The third-order valence-corrected chi connectivity index (χ3v) is 1.39. The molecule has 0 spiro atoms. The molecule has 0 aliphatic carbocycles. The molecule has 0 heterocycles. The summed E-state index contributed by atoms with van der Waals surface area (Å²) in [5, 5.41) is 16.6. The van der Waals surface area contributed by atoms with Crippen molar-refractivity contribution in [1.82, 2.24) is 0 Å². The number of carboxylic acid groups (broad SMARTS) is 2. The molecule has 0 bridgehead atoms. The second-order valence-electron chi connectivity index (χ2n) is 2.37. The van der Waals surface area contributed by atoms with E-state index in [1.807, 2.05) is 0 Å². The van der Waals surface area contributed by atoms with Gasteiger partial charge in [-0.15, -0.1) is 0 Å². The first kappa shape index (κ1) is 10.8. The van der Waals surface area contributed by atoms with Crippen molar-refractivity contribution in [2.24, 2.45) is 11.7 Å². The van der Waals surface area contributed by atoms with E-state index in [1.165, 1.54) is 0 Å². The first-order valence-electron chi connectivity index (χ1n) is 3.26. The second kappa shape index (κ2) is 4.66. The lowest BCUT2D eigenvalue weighted by Crippen LogP contribution is -2.35. The molecule has 0 fully saturated rings. The van der Waals surface area contributed by atoms with Crippen molar-refractivity contribution in [3.05, 3.63) is 0 Å². The minimum absolute atomic E-state index is 0.388. The Morgan fingerprint density at radius 1 is 1.33 bits per heavy atom. The smallest absolute Gasteiger partial charge is 0.320 e. The average molecular weight is 179 g/mol. The summed E-state index contributed by atoms with van der Waals surface area (Å²) in [7, 11) is 0. The quantitative estimate of drug-likeness (QED) is 0.526. The number of alkyl halides is 1. The number of carbonyl (C=O) groups is 2. The third-order valence-electron chi connectivity index (χ3n) is 1.39. The lowest BCUT2D eigenvalue weighted by Gasteiger charge is -2.10. The highest BCUT2D eigenvalue weighted by molar-refractivity contribution is 5.75. The van der Waals surface area contributed by atoms with Crippen LogP contribution in [0.2, 0.25) is 0 Å².